The maximum Gasteiger partial charge on any atom is 0.257 e. The molecule has 0 spiro atoms. The molecule has 5 heteroatoms. The molecule has 1 aromatic carbocycles. The number of benzene rings is 1. The van der Waals surface area contributed by atoms with E-state index in [1.807, 2.05) is 46.8 Å². The quantitative estimate of drug-likeness (QED) is 0.867. The zero-order valence-corrected chi connectivity index (χ0v) is 14.8. The van der Waals surface area contributed by atoms with Crippen LogP contribution in [0.25, 0.3) is 5.69 Å². The van der Waals surface area contributed by atoms with Crippen LogP contribution in [0, 0.1) is 12.8 Å². The summed E-state index contributed by atoms with van der Waals surface area (Å²) in [6.45, 7) is 11.0. The van der Waals surface area contributed by atoms with Gasteiger partial charge in [0.2, 0.25) is 0 Å². The molecule has 0 N–H and O–H groups in total. The molecular formula is C19H26N4O. The number of carbonyl (C=O) groups is 1. The highest BCUT2D eigenvalue weighted by Crippen LogP contribution is 2.17. The number of amides is 1. The highest BCUT2D eigenvalue weighted by atomic mass is 16.2. The van der Waals surface area contributed by atoms with Gasteiger partial charge in [-0.3, -0.25) is 9.69 Å². The molecule has 3 rings (SSSR count). The molecule has 1 aliphatic rings. The average Bonchev–Trinajstić information content (AvgIpc) is 2.97. The first-order valence-electron chi connectivity index (χ1n) is 8.68. The Labute approximate surface area is 143 Å². The van der Waals surface area contributed by atoms with E-state index in [1.165, 1.54) is 0 Å². The Balaban J connectivity index is 1.70. The number of hydrogen-bond acceptors (Lipinski definition) is 3. The fourth-order valence-corrected chi connectivity index (χ4v) is 3.27. The van der Waals surface area contributed by atoms with Crippen LogP contribution in [0.3, 0.4) is 0 Å². The molecular weight excluding hydrogens is 300 g/mol. The van der Waals surface area contributed by atoms with E-state index in [1.54, 1.807) is 6.20 Å². The summed E-state index contributed by atoms with van der Waals surface area (Å²) >= 11 is 0. The molecule has 0 aliphatic carbocycles. The summed E-state index contributed by atoms with van der Waals surface area (Å²) < 4.78 is 1.84. The van der Waals surface area contributed by atoms with Crippen molar-refractivity contribution >= 4 is 5.91 Å². The molecule has 2 aromatic rings. The van der Waals surface area contributed by atoms with Crippen molar-refractivity contribution in [2.75, 3.05) is 32.7 Å². The van der Waals surface area contributed by atoms with E-state index >= 15 is 0 Å². The fraction of sp³-hybridized carbons (Fsp3) is 0.474. The van der Waals surface area contributed by atoms with Crippen molar-refractivity contribution in [1.82, 2.24) is 19.6 Å². The predicted octanol–water partition coefficient (Wildman–Crippen LogP) is 2.59. The monoisotopic (exact) mass is 326 g/mol. The van der Waals surface area contributed by atoms with Crippen molar-refractivity contribution in [3.05, 3.63) is 47.8 Å². The SMILES string of the molecule is Cc1c(C(=O)N2CCN(CC(C)C)CC2)cnn1-c1ccccc1. The summed E-state index contributed by atoms with van der Waals surface area (Å²) in [7, 11) is 0. The summed E-state index contributed by atoms with van der Waals surface area (Å²) in [5.74, 6) is 0.762. The molecule has 128 valence electrons. The number of rotatable bonds is 4. The van der Waals surface area contributed by atoms with E-state index in [4.69, 9.17) is 0 Å². The predicted molar refractivity (Wildman–Crippen MR) is 95.5 cm³/mol. The molecule has 2 heterocycles. The van der Waals surface area contributed by atoms with Crippen molar-refractivity contribution < 1.29 is 4.79 Å². The second kappa shape index (κ2) is 7.18. The normalized spacial score (nSPS) is 15.9. The van der Waals surface area contributed by atoms with Crippen LogP contribution in [-0.2, 0) is 0 Å². The number of aromatic nitrogens is 2. The van der Waals surface area contributed by atoms with E-state index in [-0.39, 0.29) is 5.91 Å². The van der Waals surface area contributed by atoms with E-state index in [2.05, 4.69) is 23.8 Å². The van der Waals surface area contributed by atoms with E-state index in [9.17, 15) is 4.79 Å². The van der Waals surface area contributed by atoms with Crippen molar-refractivity contribution in [2.24, 2.45) is 5.92 Å². The van der Waals surface area contributed by atoms with Gasteiger partial charge in [0, 0.05) is 32.7 Å². The first kappa shape index (κ1) is 16.7. The summed E-state index contributed by atoms with van der Waals surface area (Å²) in [5, 5.41) is 4.41. The van der Waals surface area contributed by atoms with Crippen LogP contribution in [0.15, 0.2) is 36.5 Å². The van der Waals surface area contributed by atoms with Crippen LogP contribution in [0.2, 0.25) is 0 Å². The van der Waals surface area contributed by atoms with Gasteiger partial charge in [-0.1, -0.05) is 32.0 Å². The van der Waals surface area contributed by atoms with Crippen LogP contribution in [0.5, 0.6) is 0 Å². The van der Waals surface area contributed by atoms with E-state index in [0.29, 0.717) is 11.5 Å². The molecule has 24 heavy (non-hydrogen) atoms. The molecule has 1 aliphatic heterocycles. The van der Waals surface area contributed by atoms with E-state index < -0.39 is 0 Å². The van der Waals surface area contributed by atoms with Crippen LogP contribution in [0.1, 0.15) is 29.9 Å². The molecule has 5 nitrogen and oxygen atoms in total. The molecule has 1 fully saturated rings. The second-order valence-electron chi connectivity index (χ2n) is 6.88. The number of para-hydroxylation sites is 1. The molecule has 0 atom stereocenters. The van der Waals surface area contributed by atoms with Crippen LogP contribution < -0.4 is 0 Å². The van der Waals surface area contributed by atoms with Gasteiger partial charge < -0.3 is 4.90 Å². The Morgan fingerprint density at radius 1 is 1.12 bits per heavy atom. The number of hydrogen-bond donors (Lipinski definition) is 0. The third kappa shape index (κ3) is 3.51. The summed E-state index contributed by atoms with van der Waals surface area (Å²) in [4.78, 5) is 17.2. The zero-order valence-electron chi connectivity index (χ0n) is 14.8. The van der Waals surface area contributed by atoms with Gasteiger partial charge in [0.25, 0.3) is 5.91 Å². The fourth-order valence-electron chi connectivity index (χ4n) is 3.27. The Kier molecular flexibility index (Phi) is 5.00. The Bertz CT molecular complexity index is 685. The molecule has 0 unspecified atom stereocenters. The van der Waals surface area contributed by atoms with E-state index in [0.717, 1.165) is 44.1 Å². The van der Waals surface area contributed by atoms with Gasteiger partial charge in [0.1, 0.15) is 0 Å². The van der Waals surface area contributed by atoms with Crippen LogP contribution in [-0.4, -0.2) is 58.2 Å². The second-order valence-corrected chi connectivity index (χ2v) is 6.88. The minimum Gasteiger partial charge on any atom is -0.336 e. The van der Waals surface area contributed by atoms with Gasteiger partial charge in [-0.15, -0.1) is 0 Å². The van der Waals surface area contributed by atoms with Gasteiger partial charge >= 0.3 is 0 Å². The average molecular weight is 326 g/mol. The first-order chi connectivity index (χ1) is 11.6. The van der Waals surface area contributed by atoms with Crippen molar-refractivity contribution in [3.63, 3.8) is 0 Å². The molecule has 1 aromatic heterocycles. The standard InChI is InChI=1S/C19H26N4O/c1-15(2)14-21-9-11-22(12-10-21)19(24)18-13-20-23(16(18)3)17-7-5-4-6-8-17/h4-8,13,15H,9-12,14H2,1-3H3. The Morgan fingerprint density at radius 2 is 1.79 bits per heavy atom. The van der Waals surface area contributed by atoms with Crippen molar-refractivity contribution in [2.45, 2.75) is 20.8 Å². The van der Waals surface area contributed by atoms with Gasteiger partial charge in [-0.2, -0.15) is 5.10 Å². The lowest BCUT2D eigenvalue weighted by Gasteiger charge is -2.35. The smallest absolute Gasteiger partial charge is 0.257 e. The maximum absolute atomic E-state index is 12.8. The third-order valence-electron chi connectivity index (χ3n) is 4.52. The third-order valence-corrected chi connectivity index (χ3v) is 4.52. The minimum atomic E-state index is 0.0962. The Hall–Kier alpha value is -2.14. The molecule has 0 radical (unpaired) electrons. The molecule has 0 bridgehead atoms. The summed E-state index contributed by atoms with van der Waals surface area (Å²) in [6, 6.07) is 9.93. The van der Waals surface area contributed by atoms with Gasteiger partial charge in [-0.05, 0) is 25.0 Å². The van der Waals surface area contributed by atoms with Gasteiger partial charge in [0.15, 0.2) is 0 Å². The van der Waals surface area contributed by atoms with Crippen molar-refractivity contribution in [3.8, 4) is 5.69 Å². The zero-order chi connectivity index (χ0) is 17.1. The van der Waals surface area contributed by atoms with Gasteiger partial charge in [-0.25, -0.2) is 4.68 Å². The number of piperazine rings is 1. The number of carbonyl (C=O) groups excluding carboxylic acids is 1. The largest absolute Gasteiger partial charge is 0.336 e. The Morgan fingerprint density at radius 3 is 2.42 bits per heavy atom. The van der Waals surface area contributed by atoms with Crippen molar-refractivity contribution in [1.29, 1.82) is 0 Å². The lowest BCUT2D eigenvalue weighted by molar-refractivity contribution is 0.0623. The molecule has 0 saturated carbocycles. The highest BCUT2D eigenvalue weighted by Gasteiger charge is 2.25. The van der Waals surface area contributed by atoms with Crippen LogP contribution >= 0.6 is 0 Å². The minimum absolute atomic E-state index is 0.0962. The highest BCUT2D eigenvalue weighted by molar-refractivity contribution is 5.95. The maximum atomic E-state index is 12.8. The lowest BCUT2D eigenvalue weighted by Crippen LogP contribution is -2.49. The molecule has 1 amide bonds. The van der Waals surface area contributed by atoms with Gasteiger partial charge in [0.05, 0.1) is 23.1 Å². The molecule has 1 saturated heterocycles. The van der Waals surface area contributed by atoms with Crippen LogP contribution in [0.4, 0.5) is 0 Å². The number of nitrogens with zero attached hydrogens (tertiary/aromatic N) is 4. The summed E-state index contributed by atoms with van der Waals surface area (Å²) in [5.41, 5.74) is 2.59. The lowest BCUT2D eigenvalue weighted by atomic mass is 10.1. The topological polar surface area (TPSA) is 41.4 Å². The first-order valence-corrected chi connectivity index (χ1v) is 8.68. The summed E-state index contributed by atoms with van der Waals surface area (Å²) in [6.07, 6.45) is 1.70.